The standard InChI is InChI=1S/C20H18ClNO4/c1-12-3-5-17(13(2)9-12)25-8-7-22-20(24)19-11-16(23)15-10-14(21)4-6-18(15)26-19/h3-6,9-11H,7-8H2,1-2H3,(H,22,24). The van der Waals surface area contributed by atoms with Gasteiger partial charge < -0.3 is 14.5 Å². The molecule has 6 heteroatoms. The van der Waals surface area contributed by atoms with Crippen LogP contribution < -0.4 is 15.5 Å². The molecule has 0 spiro atoms. The van der Waals surface area contributed by atoms with Gasteiger partial charge in [-0.15, -0.1) is 0 Å². The number of carbonyl (C=O) groups is 1. The summed E-state index contributed by atoms with van der Waals surface area (Å²) in [6, 6.07) is 11.8. The lowest BCUT2D eigenvalue weighted by atomic mass is 10.1. The summed E-state index contributed by atoms with van der Waals surface area (Å²) in [5.41, 5.74) is 2.20. The number of fused-ring (bicyclic) bond motifs is 1. The van der Waals surface area contributed by atoms with E-state index in [1.807, 2.05) is 32.0 Å². The van der Waals surface area contributed by atoms with Gasteiger partial charge >= 0.3 is 0 Å². The van der Waals surface area contributed by atoms with Crippen molar-refractivity contribution in [2.75, 3.05) is 13.2 Å². The van der Waals surface area contributed by atoms with Crippen LogP contribution in [0.4, 0.5) is 0 Å². The molecule has 0 aliphatic heterocycles. The molecule has 3 aromatic rings. The summed E-state index contributed by atoms with van der Waals surface area (Å²) < 4.78 is 11.2. The number of hydrogen-bond acceptors (Lipinski definition) is 4. The van der Waals surface area contributed by atoms with E-state index >= 15 is 0 Å². The van der Waals surface area contributed by atoms with Crippen LogP contribution in [-0.2, 0) is 0 Å². The van der Waals surface area contributed by atoms with Gasteiger partial charge in [-0.25, -0.2) is 0 Å². The van der Waals surface area contributed by atoms with Crippen molar-refractivity contribution in [3.05, 3.63) is 74.6 Å². The average Bonchev–Trinajstić information content (AvgIpc) is 2.60. The number of amides is 1. The van der Waals surface area contributed by atoms with Crippen LogP contribution in [0.15, 0.2) is 51.7 Å². The minimum absolute atomic E-state index is 0.0451. The minimum atomic E-state index is -0.469. The average molecular weight is 372 g/mol. The molecule has 0 aliphatic carbocycles. The van der Waals surface area contributed by atoms with Crippen molar-refractivity contribution in [1.29, 1.82) is 0 Å². The van der Waals surface area contributed by atoms with E-state index in [4.69, 9.17) is 20.8 Å². The summed E-state index contributed by atoms with van der Waals surface area (Å²) in [5.74, 6) is 0.262. The molecule has 0 fully saturated rings. The minimum Gasteiger partial charge on any atom is -0.491 e. The first kappa shape index (κ1) is 18.0. The lowest BCUT2D eigenvalue weighted by Gasteiger charge is -2.10. The van der Waals surface area contributed by atoms with Gasteiger partial charge in [-0.1, -0.05) is 29.3 Å². The highest BCUT2D eigenvalue weighted by Crippen LogP contribution is 2.19. The quantitative estimate of drug-likeness (QED) is 0.691. The number of halogens is 1. The zero-order chi connectivity index (χ0) is 18.7. The van der Waals surface area contributed by atoms with E-state index in [9.17, 15) is 9.59 Å². The van der Waals surface area contributed by atoms with Crippen molar-refractivity contribution in [1.82, 2.24) is 5.32 Å². The van der Waals surface area contributed by atoms with E-state index in [0.29, 0.717) is 22.6 Å². The zero-order valence-corrected chi connectivity index (χ0v) is 15.2. The molecule has 26 heavy (non-hydrogen) atoms. The van der Waals surface area contributed by atoms with Crippen LogP contribution >= 0.6 is 11.6 Å². The molecule has 1 amide bonds. The molecule has 0 aliphatic rings. The lowest BCUT2D eigenvalue weighted by Crippen LogP contribution is -2.28. The molecule has 1 N–H and O–H groups in total. The van der Waals surface area contributed by atoms with Crippen molar-refractivity contribution in [3.63, 3.8) is 0 Å². The molecular formula is C20H18ClNO4. The lowest BCUT2D eigenvalue weighted by molar-refractivity contribution is 0.0920. The number of hydrogen-bond donors (Lipinski definition) is 1. The summed E-state index contributed by atoms with van der Waals surface area (Å²) in [7, 11) is 0. The Bertz CT molecular complexity index is 1030. The highest BCUT2D eigenvalue weighted by atomic mass is 35.5. The van der Waals surface area contributed by atoms with Gasteiger partial charge in [0.05, 0.1) is 11.9 Å². The Morgan fingerprint density at radius 1 is 1.15 bits per heavy atom. The SMILES string of the molecule is Cc1ccc(OCCNC(=O)c2cc(=O)c3cc(Cl)ccc3o2)c(C)c1. The summed E-state index contributed by atoms with van der Waals surface area (Å²) in [5, 5.41) is 3.46. The number of benzene rings is 2. The van der Waals surface area contributed by atoms with Gasteiger partial charge in [0.15, 0.2) is 11.2 Å². The van der Waals surface area contributed by atoms with E-state index < -0.39 is 5.91 Å². The summed E-state index contributed by atoms with van der Waals surface area (Å²) >= 11 is 5.87. The van der Waals surface area contributed by atoms with Crippen molar-refractivity contribution < 1.29 is 13.9 Å². The van der Waals surface area contributed by atoms with E-state index in [2.05, 4.69) is 5.32 Å². The molecule has 0 saturated carbocycles. The highest BCUT2D eigenvalue weighted by molar-refractivity contribution is 6.31. The first-order valence-electron chi connectivity index (χ1n) is 8.16. The van der Waals surface area contributed by atoms with Gasteiger partial charge in [-0.05, 0) is 43.7 Å². The van der Waals surface area contributed by atoms with Crippen LogP contribution in [0.25, 0.3) is 11.0 Å². The van der Waals surface area contributed by atoms with Crippen LogP contribution in [0.2, 0.25) is 5.02 Å². The van der Waals surface area contributed by atoms with E-state index in [1.165, 1.54) is 12.1 Å². The first-order valence-corrected chi connectivity index (χ1v) is 8.53. The van der Waals surface area contributed by atoms with Crippen LogP contribution in [-0.4, -0.2) is 19.1 Å². The Hall–Kier alpha value is -2.79. The smallest absolute Gasteiger partial charge is 0.287 e. The number of carbonyl (C=O) groups excluding carboxylic acids is 1. The Kier molecular flexibility index (Phi) is 5.28. The van der Waals surface area contributed by atoms with Gasteiger partial charge in [0.25, 0.3) is 5.91 Å². The molecule has 5 nitrogen and oxygen atoms in total. The second kappa shape index (κ2) is 7.62. The topological polar surface area (TPSA) is 68.5 Å². The fourth-order valence-electron chi connectivity index (χ4n) is 2.61. The molecule has 134 valence electrons. The summed E-state index contributed by atoms with van der Waals surface area (Å²) in [6.07, 6.45) is 0. The Balaban J connectivity index is 1.62. The first-order chi connectivity index (χ1) is 12.4. The van der Waals surface area contributed by atoms with Crippen molar-refractivity contribution in [2.45, 2.75) is 13.8 Å². The summed E-state index contributed by atoms with van der Waals surface area (Å²) in [6.45, 7) is 4.58. The van der Waals surface area contributed by atoms with Crippen molar-refractivity contribution in [2.24, 2.45) is 0 Å². The monoisotopic (exact) mass is 371 g/mol. The third-order valence-corrected chi connectivity index (χ3v) is 4.12. The van der Waals surface area contributed by atoms with Gasteiger partial charge in [0, 0.05) is 11.1 Å². The van der Waals surface area contributed by atoms with Crippen LogP contribution in [0.5, 0.6) is 5.75 Å². The third kappa shape index (κ3) is 4.06. The predicted octanol–water partition coefficient (Wildman–Crippen LogP) is 3.87. The molecule has 2 aromatic carbocycles. The third-order valence-electron chi connectivity index (χ3n) is 3.89. The van der Waals surface area contributed by atoms with Crippen LogP contribution in [0.3, 0.4) is 0 Å². The molecule has 0 bridgehead atoms. The molecule has 0 atom stereocenters. The number of rotatable bonds is 5. The number of aryl methyl sites for hydroxylation is 2. The zero-order valence-electron chi connectivity index (χ0n) is 14.5. The van der Waals surface area contributed by atoms with Gasteiger partial charge in [0.2, 0.25) is 0 Å². The van der Waals surface area contributed by atoms with Gasteiger partial charge in [-0.3, -0.25) is 9.59 Å². The molecule has 1 aromatic heterocycles. The second-order valence-electron chi connectivity index (χ2n) is 5.99. The molecule has 0 unspecified atom stereocenters. The Morgan fingerprint density at radius 2 is 1.96 bits per heavy atom. The Labute approximate surface area is 155 Å². The van der Waals surface area contributed by atoms with Crippen molar-refractivity contribution in [3.8, 4) is 5.75 Å². The molecule has 3 rings (SSSR count). The van der Waals surface area contributed by atoms with E-state index in [1.54, 1.807) is 12.1 Å². The number of nitrogens with one attached hydrogen (secondary N) is 1. The molecule has 1 heterocycles. The van der Waals surface area contributed by atoms with E-state index in [-0.39, 0.29) is 17.7 Å². The second-order valence-corrected chi connectivity index (χ2v) is 6.43. The fourth-order valence-corrected chi connectivity index (χ4v) is 2.79. The molecular weight excluding hydrogens is 354 g/mol. The van der Waals surface area contributed by atoms with E-state index in [0.717, 1.165) is 16.9 Å². The fraction of sp³-hybridized carbons (Fsp3) is 0.200. The van der Waals surface area contributed by atoms with Crippen molar-refractivity contribution >= 4 is 28.5 Å². The molecule has 0 radical (unpaired) electrons. The highest BCUT2D eigenvalue weighted by Gasteiger charge is 2.12. The summed E-state index contributed by atoms with van der Waals surface area (Å²) in [4.78, 5) is 24.3. The molecule has 0 saturated heterocycles. The predicted molar refractivity (Wildman–Crippen MR) is 101 cm³/mol. The van der Waals surface area contributed by atoms with Gasteiger partial charge in [-0.2, -0.15) is 0 Å². The number of ether oxygens (including phenoxy) is 1. The van der Waals surface area contributed by atoms with Crippen LogP contribution in [0.1, 0.15) is 21.7 Å². The van der Waals surface area contributed by atoms with Gasteiger partial charge in [0.1, 0.15) is 17.9 Å². The maximum absolute atomic E-state index is 12.2. The largest absolute Gasteiger partial charge is 0.491 e. The normalized spacial score (nSPS) is 10.7. The maximum Gasteiger partial charge on any atom is 0.287 e. The van der Waals surface area contributed by atoms with Crippen LogP contribution in [0, 0.1) is 13.8 Å². The maximum atomic E-state index is 12.2. The Morgan fingerprint density at radius 3 is 2.73 bits per heavy atom.